The van der Waals surface area contributed by atoms with Gasteiger partial charge in [-0.25, -0.2) is 4.98 Å². The largest absolute Gasteiger partial charge is 0.269 e. The minimum Gasteiger partial charge on any atom is -0.269 e. The Balaban J connectivity index is 2.87. The molecule has 0 aromatic carbocycles. The molecule has 0 saturated carbocycles. The third kappa shape index (κ3) is 1.24. The lowest BCUT2D eigenvalue weighted by Gasteiger charge is -1.98. The molecule has 3 heteroatoms. The normalized spacial score (nSPS) is 10.2. The first-order chi connectivity index (χ1) is 6.31. The second-order valence-corrected chi connectivity index (χ2v) is 2.68. The Morgan fingerprint density at radius 2 is 2.31 bits per heavy atom. The Hall–Kier alpha value is -1.90. The monoisotopic (exact) mass is 172 g/mol. The number of aromatic nitrogens is 2. The van der Waals surface area contributed by atoms with Crippen molar-refractivity contribution in [3.8, 4) is 0 Å². The summed E-state index contributed by atoms with van der Waals surface area (Å²) in [5.74, 6) is 0. The van der Waals surface area contributed by atoms with Gasteiger partial charge in [0.1, 0.15) is 5.65 Å². The van der Waals surface area contributed by atoms with Crippen LogP contribution in [-0.2, 0) is 0 Å². The van der Waals surface area contributed by atoms with Crippen molar-refractivity contribution < 1.29 is 0 Å². The molecule has 13 heavy (non-hydrogen) atoms. The van der Waals surface area contributed by atoms with Crippen LogP contribution in [0.25, 0.3) is 11.7 Å². The molecule has 2 rings (SSSR count). The molecule has 0 aliphatic heterocycles. The summed E-state index contributed by atoms with van der Waals surface area (Å²) in [4.78, 5) is 15.3. The van der Waals surface area contributed by atoms with Crippen LogP contribution in [0.3, 0.4) is 0 Å². The summed E-state index contributed by atoms with van der Waals surface area (Å²) in [6.07, 6.45) is 4.92. The first kappa shape index (κ1) is 7.73. The van der Waals surface area contributed by atoms with Crippen molar-refractivity contribution in [1.29, 1.82) is 0 Å². The maximum atomic E-state index is 11.3. The molecular weight excluding hydrogens is 164 g/mol. The molecule has 0 N–H and O–H groups in total. The van der Waals surface area contributed by atoms with Crippen molar-refractivity contribution in [2.45, 2.75) is 0 Å². The molecule has 2 aromatic heterocycles. The summed E-state index contributed by atoms with van der Waals surface area (Å²) in [6.45, 7) is 3.65. The number of rotatable bonds is 1. The van der Waals surface area contributed by atoms with E-state index in [0.29, 0.717) is 5.65 Å². The molecule has 3 nitrogen and oxygen atoms in total. The lowest BCUT2D eigenvalue weighted by Crippen LogP contribution is -2.12. The SMILES string of the molecule is C=Cc1ccn2c(=O)ccnc2c1. The van der Waals surface area contributed by atoms with Crippen molar-refractivity contribution in [2.24, 2.45) is 0 Å². The van der Waals surface area contributed by atoms with E-state index in [2.05, 4.69) is 11.6 Å². The molecule has 0 saturated heterocycles. The highest BCUT2D eigenvalue weighted by Gasteiger charge is 1.95. The van der Waals surface area contributed by atoms with Gasteiger partial charge in [0.2, 0.25) is 0 Å². The smallest absolute Gasteiger partial charge is 0.257 e. The molecular formula is C10H8N2O. The number of nitrogens with zero attached hydrogens (tertiary/aromatic N) is 2. The molecule has 0 fully saturated rings. The molecule has 0 aliphatic carbocycles. The molecule has 64 valence electrons. The maximum Gasteiger partial charge on any atom is 0.257 e. The van der Waals surface area contributed by atoms with E-state index in [-0.39, 0.29) is 5.56 Å². The van der Waals surface area contributed by atoms with Crippen molar-refractivity contribution >= 4 is 11.7 Å². The molecule has 2 aromatic rings. The minimum absolute atomic E-state index is 0.0689. The zero-order valence-corrected chi connectivity index (χ0v) is 6.97. The van der Waals surface area contributed by atoms with Gasteiger partial charge in [-0.05, 0) is 17.7 Å². The lowest BCUT2D eigenvalue weighted by atomic mass is 10.2. The molecule has 0 spiro atoms. The fourth-order valence-electron chi connectivity index (χ4n) is 1.17. The maximum absolute atomic E-state index is 11.3. The van der Waals surface area contributed by atoms with Gasteiger partial charge in [-0.15, -0.1) is 0 Å². The average Bonchev–Trinajstić information content (AvgIpc) is 2.18. The Morgan fingerprint density at radius 3 is 3.08 bits per heavy atom. The Kier molecular flexibility index (Phi) is 1.70. The molecule has 0 radical (unpaired) electrons. The van der Waals surface area contributed by atoms with Crippen molar-refractivity contribution in [2.75, 3.05) is 0 Å². The predicted octanol–water partition coefficient (Wildman–Crippen LogP) is 1.34. The number of hydrogen-bond donors (Lipinski definition) is 0. The summed E-state index contributed by atoms with van der Waals surface area (Å²) >= 11 is 0. The third-order valence-corrected chi connectivity index (χ3v) is 1.86. The first-order valence-corrected chi connectivity index (χ1v) is 3.91. The highest BCUT2D eigenvalue weighted by Crippen LogP contribution is 2.03. The topological polar surface area (TPSA) is 34.4 Å². The van der Waals surface area contributed by atoms with Gasteiger partial charge in [-0.3, -0.25) is 9.20 Å². The van der Waals surface area contributed by atoms with Gasteiger partial charge in [-0.1, -0.05) is 12.7 Å². The van der Waals surface area contributed by atoms with Crippen LogP contribution in [0.5, 0.6) is 0 Å². The predicted molar refractivity (Wildman–Crippen MR) is 51.6 cm³/mol. The van der Waals surface area contributed by atoms with Gasteiger partial charge >= 0.3 is 0 Å². The van der Waals surface area contributed by atoms with Crippen LogP contribution < -0.4 is 5.56 Å². The van der Waals surface area contributed by atoms with Crippen LogP contribution in [0.1, 0.15) is 5.56 Å². The highest BCUT2D eigenvalue weighted by molar-refractivity contribution is 5.53. The van der Waals surface area contributed by atoms with Crippen LogP contribution in [0.4, 0.5) is 0 Å². The molecule has 0 amide bonds. The van der Waals surface area contributed by atoms with Crippen molar-refractivity contribution in [1.82, 2.24) is 9.38 Å². The Labute approximate surface area is 75.0 Å². The van der Waals surface area contributed by atoms with Gasteiger partial charge in [0.25, 0.3) is 5.56 Å². The summed E-state index contributed by atoms with van der Waals surface area (Å²) < 4.78 is 1.49. The van der Waals surface area contributed by atoms with Crippen molar-refractivity contribution in [3.05, 3.63) is 53.1 Å². The van der Waals surface area contributed by atoms with E-state index in [4.69, 9.17) is 0 Å². The first-order valence-electron chi connectivity index (χ1n) is 3.91. The average molecular weight is 172 g/mol. The second kappa shape index (κ2) is 2.86. The van der Waals surface area contributed by atoms with Gasteiger partial charge in [0, 0.05) is 18.5 Å². The lowest BCUT2D eigenvalue weighted by molar-refractivity contribution is 1.04. The molecule has 0 aliphatic rings. The van der Waals surface area contributed by atoms with Crippen LogP contribution in [-0.4, -0.2) is 9.38 Å². The number of fused-ring (bicyclic) bond motifs is 1. The van der Waals surface area contributed by atoms with Gasteiger partial charge in [-0.2, -0.15) is 0 Å². The zero-order chi connectivity index (χ0) is 9.26. The fourth-order valence-corrected chi connectivity index (χ4v) is 1.17. The minimum atomic E-state index is -0.0689. The molecule has 2 heterocycles. The number of pyridine rings is 1. The van der Waals surface area contributed by atoms with Gasteiger partial charge < -0.3 is 0 Å². The number of hydrogen-bond acceptors (Lipinski definition) is 2. The summed E-state index contributed by atoms with van der Waals surface area (Å²) in [6, 6.07) is 5.07. The molecule has 0 bridgehead atoms. The fraction of sp³-hybridized carbons (Fsp3) is 0. The standard InChI is InChI=1S/C10H8N2O/c1-2-8-4-6-12-9(7-8)11-5-3-10(12)13/h2-7H,1H2. The van der Waals surface area contributed by atoms with Crippen LogP contribution in [0, 0.1) is 0 Å². The van der Waals surface area contributed by atoms with Gasteiger partial charge in [0.15, 0.2) is 0 Å². The van der Waals surface area contributed by atoms with Crippen LogP contribution in [0.15, 0.2) is 42.0 Å². The zero-order valence-electron chi connectivity index (χ0n) is 6.97. The Morgan fingerprint density at radius 1 is 1.46 bits per heavy atom. The Bertz CT molecular complexity index is 514. The van der Waals surface area contributed by atoms with Crippen LogP contribution in [0.2, 0.25) is 0 Å². The van der Waals surface area contributed by atoms with E-state index < -0.39 is 0 Å². The van der Waals surface area contributed by atoms with Crippen molar-refractivity contribution in [3.63, 3.8) is 0 Å². The summed E-state index contributed by atoms with van der Waals surface area (Å²) in [7, 11) is 0. The van der Waals surface area contributed by atoms with E-state index in [9.17, 15) is 4.79 Å². The summed E-state index contributed by atoms with van der Waals surface area (Å²) in [5.41, 5.74) is 1.53. The van der Waals surface area contributed by atoms with E-state index in [1.54, 1.807) is 12.3 Å². The van der Waals surface area contributed by atoms with E-state index >= 15 is 0 Å². The third-order valence-electron chi connectivity index (χ3n) is 1.86. The highest BCUT2D eigenvalue weighted by atomic mass is 16.1. The van der Waals surface area contributed by atoms with Gasteiger partial charge in [0.05, 0.1) is 0 Å². The van der Waals surface area contributed by atoms with Crippen LogP contribution >= 0.6 is 0 Å². The van der Waals surface area contributed by atoms with E-state index in [1.807, 2.05) is 12.1 Å². The second-order valence-electron chi connectivity index (χ2n) is 2.68. The quantitative estimate of drug-likeness (QED) is 0.650. The molecule has 0 atom stereocenters. The van der Waals surface area contributed by atoms with E-state index in [0.717, 1.165) is 5.56 Å². The molecule has 0 unspecified atom stereocenters. The summed E-state index contributed by atoms with van der Waals surface area (Å²) in [5, 5.41) is 0. The van der Waals surface area contributed by atoms with E-state index in [1.165, 1.54) is 16.7 Å².